The minimum Gasteiger partial charge on any atom is -0.348 e. The lowest BCUT2D eigenvalue weighted by atomic mass is 9.85. The Bertz CT molecular complexity index is 878. The van der Waals surface area contributed by atoms with Crippen LogP contribution in [0.25, 0.3) is 11.2 Å². The Hall–Kier alpha value is -1.93. The highest BCUT2D eigenvalue weighted by molar-refractivity contribution is 5.69. The molecule has 1 saturated carbocycles. The van der Waals surface area contributed by atoms with Crippen LogP contribution in [0.5, 0.6) is 0 Å². The largest absolute Gasteiger partial charge is 0.348 e. The maximum absolute atomic E-state index is 12.7. The summed E-state index contributed by atoms with van der Waals surface area (Å²) in [5.74, 6) is -0.141. The number of ether oxygens (including phenoxy) is 2. The highest BCUT2D eigenvalue weighted by Crippen LogP contribution is 2.38. The molecule has 2 aromatic rings. The summed E-state index contributed by atoms with van der Waals surface area (Å²) >= 11 is 0. The predicted octanol–water partition coefficient (Wildman–Crippen LogP) is 0.367. The molecule has 0 aromatic carbocycles. The van der Waals surface area contributed by atoms with Crippen molar-refractivity contribution in [3.05, 3.63) is 27.2 Å². The van der Waals surface area contributed by atoms with Crippen LogP contribution in [0.3, 0.4) is 0 Å². The molecule has 0 radical (unpaired) electrons. The number of hydrogen-bond donors (Lipinski definition) is 0. The molecule has 4 rings (SSSR count). The molecule has 8 heteroatoms. The third kappa shape index (κ3) is 2.32. The molecule has 0 atom stereocenters. The Morgan fingerprint density at radius 3 is 2.54 bits per heavy atom. The summed E-state index contributed by atoms with van der Waals surface area (Å²) in [6, 6.07) is 0. The average molecular weight is 334 g/mol. The minimum absolute atomic E-state index is 0.262. The Labute approximate surface area is 138 Å². The van der Waals surface area contributed by atoms with Gasteiger partial charge in [0.15, 0.2) is 17.0 Å². The van der Waals surface area contributed by atoms with E-state index in [-0.39, 0.29) is 17.2 Å². The molecule has 0 bridgehead atoms. The predicted molar refractivity (Wildman–Crippen MR) is 86.8 cm³/mol. The average Bonchev–Trinajstić information content (AvgIpc) is 3.19. The van der Waals surface area contributed by atoms with Gasteiger partial charge in [0, 0.05) is 33.5 Å². The Morgan fingerprint density at radius 2 is 1.88 bits per heavy atom. The smallest absolute Gasteiger partial charge is 0.332 e. The number of rotatable bonds is 2. The molecule has 2 aromatic heterocycles. The Morgan fingerprint density at radius 1 is 1.21 bits per heavy atom. The van der Waals surface area contributed by atoms with Gasteiger partial charge in [-0.05, 0) is 18.8 Å². The van der Waals surface area contributed by atoms with Crippen molar-refractivity contribution in [2.75, 3.05) is 13.2 Å². The molecule has 1 aliphatic heterocycles. The van der Waals surface area contributed by atoms with E-state index in [2.05, 4.69) is 4.98 Å². The SMILES string of the molecule is Cn1cnc2c1c(=O)n(CC1CCC3(CC1)OCCO3)c(=O)n2C. The van der Waals surface area contributed by atoms with Crippen LogP contribution in [-0.2, 0) is 30.1 Å². The van der Waals surface area contributed by atoms with Gasteiger partial charge in [-0.2, -0.15) is 0 Å². The number of fused-ring (bicyclic) bond motifs is 1. The molecule has 1 aliphatic carbocycles. The van der Waals surface area contributed by atoms with Gasteiger partial charge in [0.2, 0.25) is 0 Å². The van der Waals surface area contributed by atoms with E-state index in [9.17, 15) is 9.59 Å². The molecule has 2 aliphatic rings. The first-order valence-electron chi connectivity index (χ1n) is 8.39. The highest BCUT2D eigenvalue weighted by atomic mass is 16.7. The molecule has 24 heavy (non-hydrogen) atoms. The number of hydrogen-bond acceptors (Lipinski definition) is 5. The first-order valence-corrected chi connectivity index (χ1v) is 8.39. The van der Waals surface area contributed by atoms with Gasteiger partial charge < -0.3 is 14.0 Å². The van der Waals surface area contributed by atoms with Crippen LogP contribution in [0.2, 0.25) is 0 Å². The number of nitrogens with zero attached hydrogens (tertiary/aromatic N) is 4. The zero-order valence-electron chi connectivity index (χ0n) is 14.0. The summed E-state index contributed by atoms with van der Waals surface area (Å²) in [4.78, 5) is 29.5. The lowest BCUT2D eigenvalue weighted by molar-refractivity contribution is -0.183. The number of aryl methyl sites for hydroxylation is 2. The van der Waals surface area contributed by atoms with Crippen LogP contribution < -0.4 is 11.2 Å². The van der Waals surface area contributed by atoms with Crippen molar-refractivity contribution in [1.82, 2.24) is 18.7 Å². The van der Waals surface area contributed by atoms with Crippen molar-refractivity contribution >= 4 is 11.2 Å². The molecular weight excluding hydrogens is 312 g/mol. The second-order valence-electron chi connectivity index (χ2n) is 6.84. The Balaban J connectivity index is 1.62. The van der Waals surface area contributed by atoms with Crippen LogP contribution >= 0.6 is 0 Å². The second-order valence-corrected chi connectivity index (χ2v) is 6.84. The molecule has 1 spiro atoms. The fourth-order valence-electron chi connectivity index (χ4n) is 3.90. The van der Waals surface area contributed by atoms with Gasteiger partial charge >= 0.3 is 5.69 Å². The lowest BCUT2D eigenvalue weighted by Gasteiger charge is -2.35. The van der Waals surface area contributed by atoms with Crippen LogP contribution in [0.1, 0.15) is 25.7 Å². The molecule has 1 saturated heterocycles. The van der Waals surface area contributed by atoms with Gasteiger partial charge in [-0.1, -0.05) is 0 Å². The van der Waals surface area contributed by atoms with Crippen molar-refractivity contribution in [3.63, 3.8) is 0 Å². The standard InChI is InChI=1S/C16H22N4O4/c1-18-10-17-13-12(18)14(21)20(15(22)19(13)2)9-11-3-5-16(6-4-11)23-7-8-24-16/h10-11H,3-9H2,1-2H3. The topological polar surface area (TPSA) is 80.3 Å². The molecule has 0 amide bonds. The molecule has 8 nitrogen and oxygen atoms in total. The normalized spacial score (nSPS) is 21.1. The zero-order valence-corrected chi connectivity index (χ0v) is 14.0. The quantitative estimate of drug-likeness (QED) is 0.792. The summed E-state index contributed by atoms with van der Waals surface area (Å²) in [6.07, 6.45) is 4.98. The van der Waals surface area contributed by atoms with Gasteiger partial charge in [0.25, 0.3) is 5.56 Å². The first-order chi connectivity index (χ1) is 11.5. The lowest BCUT2D eigenvalue weighted by Crippen LogP contribution is -2.43. The summed E-state index contributed by atoms with van der Waals surface area (Å²) in [6.45, 7) is 1.74. The van der Waals surface area contributed by atoms with Crippen molar-refractivity contribution < 1.29 is 9.47 Å². The van der Waals surface area contributed by atoms with Crippen molar-refractivity contribution in [2.24, 2.45) is 20.0 Å². The number of aromatic nitrogens is 4. The van der Waals surface area contributed by atoms with E-state index >= 15 is 0 Å². The van der Waals surface area contributed by atoms with Crippen molar-refractivity contribution in [3.8, 4) is 0 Å². The van der Waals surface area contributed by atoms with E-state index in [0.29, 0.717) is 30.9 Å². The van der Waals surface area contributed by atoms with Gasteiger partial charge in [-0.15, -0.1) is 0 Å². The van der Waals surface area contributed by atoms with Crippen LogP contribution in [0, 0.1) is 5.92 Å². The monoisotopic (exact) mass is 334 g/mol. The summed E-state index contributed by atoms with van der Waals surface area (Å²) in [5, 5.41) is 0. The van der Waals surface area contributed by atoms with E-state index in [1.165, 1.54) is 9.13 Å². The van der Waals surface area contributed by atoms with Crippen LogP contribution in [0.15, 0.2) is 15.9 Å². The molecule has 0 N–H and O–H groups in total. The minimum atomic E-state index is -0.418. The maximum Gasteiger partial charge on any atom is 0.332 e. The number of imidazole rings is 1. The fourth-order valence-corrected chi connectivity index (χ4v) is 3.90. The fraction of sp³-hybridized carbons (Fsp3) is 0.688. The van der Waals surface area contributed by atoms with Gasteiger partial charge in [-0.25, -0.2) is 9.78 Å². The van der Waals surface area contributed by atoms with Crippen molar-refractivity contribution in [2.45, 2.75) is 38.0 Å². The van der Waals surface area contributed by atoms with Gasteiger partial charge in [-0.3, -0.25) is 13.9 Å². The molecular formula is C16H22N4O4. The third-order valence-corrected chi connectivity index (χ3v) is 5.32. The summed E-state index contributed by atoms with van der Waals surface area (Å²) in [5.41, 5.74) is 0.326. The molecule has 2 fully saturated rings. The van der Waals surface area contributed by atoms with Crippen LogP contribution in [0.4, 0.5) is 0 Å². The molecule has 0 unspecified atom stereocenters. The summed E-state index contributed by atoms with van der Waals surface area (Å²) in [7, 11) is 3.42. The first kappa shape index (κ1) is 15.6. The molecule has 3 heterocycles. The van der Waals surface area contributed by atoms with E-state index in [0.717, 1.165) is 25.7 Å². The van der Waals surface area contributed by atoms with Crippen molar-refractivity contribution in [1.29, 1.82) is 0 Å². The van der Waals surface area contributed by atoms with E-state index < -0.39 is 5.79 Å². The van der Waals surface area contributed by atoms with E-state index in [1.807, 2.05) is 0 Å². The highest BCUT2D eigenvalue weighted by Gasteiger charge is 2.40. The zero-order chi connectivity index (χ0) is 16.9. The Kier molecular flexibility index (Phi) is 3.61. The third-order valence-electron chi connectivity index (χ3n) is 5.32. The summed E-state index contributed by atoms with van der Waals surface area (Å²) < 4.78 is 16.0. The van der Waals surface area contributed by atoms with Gasteiger partial charge in [0.05, 0.1) is 19.5 Å². The van der Waals surface area contributed by atoms with Gasteiger partial charge in [0.1, 0.15) is 0 Å². The molecule has 130 valence electrons. The van der Waals surface area contributed by atoms with E-state index in [4.69, 9.17) is 9.47 Å². The maximum atomic E-state index is 12.7. The van der Waals surface area contributed by atoms with Crippen LogP contribution in [-0.4, -0.2) is 37.7 Å². The second kappa shape index (κ2) is 5.56. The van der Waals surface area contributed by atoms with E-state index in [1.54, 1.807) is 25.0 Å².